The summed E-state index contributed by atoms with van der Waals surface area (Å²) in [6.07, 6.45) is 5.89. The number of aromatic nitrogens is 3. The first-order valence-corrected chi connectivity index (χ1v) is 14.7. The molecule has 2 aromatic heterocycles. The van der Waals surface area contributed by atoms with E-state index in [1.54, 1.807) is 49.6 Å². The molecule has 45 heavy (non-hydrogen) atoms. The van der Waals surface area contributed by atoms with Crippen molar-refractivity contribution in [2.75, 3.05) is 7.05 Å². The molecule has 0 fully saturated rings. The molecule has 2 aromatic carbocycles. The predicted octanol–water partition coefficient (Wildman–Crippen LogP) is 6.29. The van der Waals surface area contributed by atoms with E-state index in [9.17, 15) is 18.4 Å². The van der Waals surface area contributed by atoms with Gasteiger partial charge in [0.2, 0.25) is 5.91 Å². The Kier molecular flexibility index (Phi) is 9.68. The van der Waals surface area contributed by atoms with Gasteiger partial charge in [0.15, 0.2) is 0 Å². The Bertz CT molecular complexity index is 1830. The van der Waals surface area contributed by atoms with Gasteiger partial charge in [0, 0.05) is 47.6 Å². The van der Waals surface area contributed by atoms with E-state index in [1.807, 2.05) is 13.0 Å². The van der Waals surface area contributed by atoms with Crippen LogP contribution in [0.4, 0.5) is 8.78 Å². The molecular weight excluding hydrogens is 602 g/mol. The maximum absolute atomic E-state index is 13.8. The summed E-state index contributed by atoms with van der Waals surface area (Å²) in [6.45, 7) is -1.14. The molecule has 0 saturated heterocycles. The quantitative estimate of drug-likeness (QED) is 0.206. The monoisotopic (exact) mass is 632 g/mol. The van der Waals surface area contributed by atoms with Crippen molar-refractivity contribution in [2.45, 2.75) is 38.8 Å². The molecule has 2 unspecified atom stereocenters. The Morgan fingerprint density at radius 2 is 1.89 bits per heavy atom. The lowest BCUT2D eigenvalue weighted by molar-refractivity contribution is -0.123. The van der Waals surface area contributed by atoms with E-state index in [0.29, 0.717) is 69.3 Å². The van der Waals surface area contributed by atoms with Crippen molar-refractivity contribution in [1.82, 2.24) is 25.2 Å². The first-order chi connectivity index (χ1) is 21.7. The van der Waals surface area contributed by atoms with Crippen LogP contribution < -0.4 is 20.9 Å². The van der Waals surface area contributed by atoms with E-state index >= 15 is 0 Å². The van der Waals surface area contributed by atoms with Crippen LogP contribution in [0.15, 0.2) is 83.7 Å². The lowest BCUT2D eigenvalue weighted by Crippen LogP contribution is -2.32. The number of amides is 1. The van der Waals surface area contributed by atoms with Gasteiger partial charge in [-0.05, 0) is 60.4 Å². The van der Waals surface area contributed by atoms with Crippen LogP contribution in [0.1, 0.15) is 43.5 Å². The van der Waals surface area contributed by atoms with Gasteiger partial charge in [0.05, 0.1) is 35.2 Å². The summed E-state index contributed by atoms with van der Waals surface area (Å²) in [4.78, 5) is 35.9. The smallest absolute Gasteiger partial charge is 0.387 e. The number of halogens is 3. The third-order valence-corrected chi connectivity index (χ3v) is 7.93. The van der Waals surface area contributed by atoms with Crippen molar-refractivity contribution in [3.05, 3.63) is 106 Å². The van der Waals surface area contributed by atoms with Gasteiger partial charge in [-0.3, -0.25) is 19.1 Å². The highest BCUT2D eigenvalue weighted by Crippen LogP contribution is 2.35. The fourth-order valence-corrected chi connectivity index (χ4v) is 5.61. The lowest BCUT2D eigenvalue weighted by Gasteiger charge is -2.23. The average molecular weight is 633 g/mol. The first-order valence-electron chi connectivity index (χ1n) is 14.3. The summed E-state index contributed by atoms with van der Waals surface area (Å²) >= 11 is 6.34. The van der Waals surface area contributed by atoms with Crippen LogP contribution in [0, 0.1) is 11.3 Å². The highest BCUT2D eigenvalue weighted by molar-refractivity contribution is 6.31. The van der Waals surface area contributed by atoms with Gasteiger partial charge in [-0.25, -0.2) is 4.98 Å². The van der Waals surface area contributed by atoms with Crippen LogP contribution in [-0.4, -0.2) is 40.3 Å². The molecule has 1 amide bonds. The molecule has 0 saturated carbocycles. The average Bonchev–Trinajstić information content (AvgIpc) is 3.02. The number of rotatable bonds is 7. The number of nitrogens with one attached hydrogen (secondary N) is 3. The summed E-state index contributed by atoms with van der Waals surface area (Å²) in [5.74, 6) is -0.521. The van der Waals surface area contributed by atoms with E-state index < -0.39 is 12.7 Å². The Morgan fingerprint density at radius 1 is 1.07 bits per heavy atom. The third-order valence-electron chi connectivity index (χ3n) is 7.69. The number of allylic oxidation sites excluding steroid dienone is 1. The van der Waals surface area contributed by atoms with Gasteiger partial charge in [-0.15, -0.1) is 0 Å². The highest BCUT2D eigenvalue weighted by atomic mass is 35.5. The molecule has 232 valence electrons. The SMILES string of the molecule is CN/C1=C(\C=N)NC(=O)C(C)CCCC(n2cnc(-c3cc(Cl)ccc3-c3cccc(OC(F)F)c3)cc2=O)c2cc1ccn2. The Morgan fingerprint density at radius 3 is 2.62 bits per heavy atom. The molecule has 9 nitrogen and oxygen atoms in total. The van der Waals surface area contributed by atoms with Crippen molar-refractivity contribution in [2.24, 2.45) is 5.92 Å². The Hall–Kier alpha value is -4.90. The van der Waals surface area contributed by atoms with E-state index in [1.165, 1.54) is 29.1 Å². The molecule has 1 aliphatic rings. The van der Waals surface area contributed by atoms with Crippen LogP contribution in [0.5, 0.6) is 5.75 Å². The minimum Gasteiger partial charge on any atom is -0.435 e. The van der Waals surface area contributed by atoms with Crippen molar-refractivity contribution < 1.29 is 18.3 Å². The summed E-state index contributed by atoms with van der Waals surface area (Å²) in [6, 6.07) is 15.9. The second-order valence-electron chi connectivity index (χ2n) is 10.6. The standard InChI is InChI=1S/C33H31ClF2N6O3/c1-19-5-3-8-29(27-14-21(11-12-39-27)31(38-2)28(17-37)41-32(19)44)42-18-40-26(16-30(42)43)25-15-22(34)9-10-24(25)20-6-4-7-23(13-20)45-33(35)36/h4,6-7,9-19,29,33,37-38H,3,5,8H2,1-2H3,(H,41,44)/b31-28+,37-17?. The largest absolute Gasteiger partial charge is 0.435 e. The number of alkyl halides is 2. The summed E-state index contributed by atoms with van der Waals surface area (Å²) in [7, 11) is 1.71. The molecule has 5 rings (SSSR count). The van der Waals surface area contributed by atoms with Crippen LogP contribution in [0.2, 0.25) is 5.02 Å². The van der Waals surface area contributed by atoms with Gasteiger partial charge in [-0.1, -0.05) is 43.1 Å². The Balaban J connectivity index is 1.58. The number of fused-ring (bicyclic) bond motifs is 2. The zero-order chi connectivity index (χ0) is 32.1. The second kappa shape index (κ2) is 13.8. The van der Waals surface area contributed by atoms with Gasteiger partial charge in [0.1, 0.15) is 5.75 Å². The van der Waals surface area contributed by atoms with E-state index in [0.717, 1.165) is 6.21 Å². The minimum atomic E-state index is -2.97. The van der Waals surface area contributed by atoms with Crippen LogP contribution in [-0.2, 0) is 4.79 Å². The fourth-order valence-electron chi connectivity index (χ4n) is 5.44. The van der Waals surface area contributed by atoms with E-state index in [4.69, 9.17) is 17.0 Å². The number of hydrogen-bond acceptors (Lipinski definition) is 7. The number of nitrogens with zero attached hydrogens (tertiary/aromatic N) is 3. The number of hydrogen-bond donors (Lipinski definition) is 3. The number of ether oxygens (including phenoxy) is 1. The first kappa shape index (κ1) is 31.5. The molecule has 1 aliphatic heterocycles. The lowest BCUT2D eigenvalue weighted by atomic mass is 9.96. The van der Waals surface area contributed by atoms with Crippen molar-refractivity contribution in [3.8, 4) is 28.1 Å². The molecule has 0 aliphatic carbocycles. The summed E-state index contributed by atoms with van der Waals surface area (Å²) < 4.78 is 31.8. The van der Waals surface area contributed by atoms with Gasteiger partial charge in [0.25, 0.3) is 5.56 Å². The number of carbonyl (C=O) groups is 1. The third kappa shape index (κ3) is 7.09. The van der Waals surface area contributed by atoms with Gasteiger partial charge in [-0.2, -0.15) is 8.78 Å². The number of pyridine rings is 1. The predicted molar refractivity (Wildman–Crippen MR) is 169 cm³/mol. The molecule has 2 bridgehead atoms. The van der Waals surface area contributed by atoms with Crippen LogP contribution in [0.25, 0.3) is 28.1 Å². The fraction of sp³-hybridized carbons (Fsp3) is 0.242. The zero-order valence-electron chi connectivity index (χ0n) is 24.6. The van der Waals surface area contributed by atoms with Crippen molar-refractivity contribution in [3.63, 3.8) is 0 Å². The molecule has 4 aromatic rings. The van der Waals surface area contributed by atoms with Crippen LogP contribution >= 0.6 is 11.6 Å². The second-order valence-corrected chi connectivity index (χ2v) is 11.0. The number of benzene rings is 2. The minimum absolute atomic E-state index is 0.000164. The molecular formula is C33H31ClF2N6O3. The molecule has 0 spiro atoms. The molecule has 2 atom stereocenters. The van der Waals surface area contributed by atoms with E-state index in [-0.39, 0.29) is 23.1 Å². The molecule has 3 N–H and O–H groups in total. The van der Waals surface area contributed by atoms with Crippen molar-refractivity contribution >= 4 is 29.4 Å². The number of carbonyl (C=O) groups excluding carboxylic acids is 1. The van der Waals surface area contributed by atoms with Gasteiger partial charge < -0.3 is 20.8 Å². The molecule has 0 radical (unpaired) electrons. The van der Waals surface area contributed by atoms with Gasteiger partial charge >= 0.3 is 6.61 Å². The zero-order valence-corrected chi connectivity index (χ0v) is 25.3. The topological polar surface area (TPSA) is 122 Å². The summed E-state index contributed by atoms with van der Waals surface area (Å²) in [5, 5.41) is 14.2. The maximum Gasteiger partial charge on any atom is 0.387 e. The maximum atomic E-state index is 13.8. The highest BCUT2D eigenvalue weighted by Gasteiger charge is 2.23. The molecule has 12 heteroatoms. The summed E-state index contributed by atoms with van der Waals surface area (Å²) in [5.41, 5.74) is 3.97. The normalized spacial score (nSPS) is 18.8. The van der Waals surface area contributed by atoms with Crippen molar-refractivity contribution in [1.29, 1.82) is 5.41 Å². The Labute approximate surface area is 263 Å². The van der Waals surface area contributed by atoms with Crippen LogP contribution in [0.3, 0.4) is 0 Å². The van der Waals surface area contributed by atoms with E-state index in [2.05, 4.69) is 25.3 Å². The molecule has 3 heterocycles.